The summed E-state index contributed by atoms with van der Waals surface area (Å²) in [5, 5.41) is 7.44. The third-order valence-corrected chi connectivity index (χ3v) is 2.89. The van der Waals surface area contributed by atoms with E-state index >= 15 is 0 Å². The van der Waals surface area contributed by atoms with Crippen molar-refractivity contribution in [1.82, 2.24) is 4.90 Å². The molecule has 19 heavy (non-hydrogen) atoms. The minimum absolute atomic E-state index is 0.0513. The first-order valence-electron chi connectivity index (χ1n) is 6.10. The maximum Gasteiger partial charge on any atom is 0.260 e. The Morgan fingerprint density at radius 2 is 2.05 bits per heavy atom. The number of amidine groups is 1. The molecule has 1 amide bonds. The summed E-state index contributed by atoms with van der Waals surface area (Å²) in [7, 11) is 0. The number of nitrogens with two attached hydrogens (primary N) is 1. The zero-order valence-electron chi connectivity index (χ0n) is 10.6. The van der Waals surface area contributed by atoms with Crippen molar-refractivity contribution >= 4 is 11.7 Å². The number of morpholine rings is 1. The highest BCUT2D eigenvalue weighted by Crippen LogP contribution is 2.17. The average molecular weight is 263 g/mol. The molecule has 0 atom stereocenters. The van der Waals surface area contributed by atoms with Crippen LogP contribution in [0.5, 0.6) is 5.75 Å². The summed E-state index contributed by atoms with van der Waals surface area (Å²) < 4.78 is 10.6. The molecule has 0 saturated carbocycles. The number of hydrogen-bond acceptors (Lipinski definition) is 4. The van der Waals surface area contributed by atoms with Crippen LogP contribution in [0.1, 0.15) is 5.56 Å². The Labute approximate surface area is 111 Å². The molecule has 3 N–H and O–H groups in total. The molecule has 1 heterocycles. The number of carbonyl (C=O) groups is 1. The number of amides is 1. The third kappa shape index (κ3) is 3.45. The van der Waals surface area contributed by atoms with Gasteiger partial charge in [0.25, 0.3) is 5.91 Å². The van der Waals surface area contributed by atoms with E-state index in [2.05, 4.69) is 0 Å². The number of benzene rings is 1. The minimum atomic E-state index is -0.0818. The van der Waals surface area contributed by atoms with E-state index in [0.29, 0.717) is 37.6 Å². The molecule has 6 nitrogen and oxygen atoms in total. The Balaban J connectivity index is 1.94. The molecule has 0 aromatic heterocycles. The highest BCUT2D eigenvalue weighted by Gasteiger charge is 2.17. The van der Waals surface area contributed by atoms with Crippen LogP contribution < -0.4 is 10.5 Å². The highest BCUT2D eigenvalue weighted by molar-refractivity contribution is 5.97. The zero-order chi connectivity index (χ0) is 13.7. The van der Waals surface area contributed by atoms with E-state index in [4.69, 9.17) is 20.6 Å². The van der Waals surface area contributed by atoms with Gasteiger partial charge in [0, 0.05) is 13.1 Å². The second kappa shape index (κ2) is 6.19. The van der Waals surface area contributed by atoms with Gasteiger partial charge in [-0.05, 0) is 12.1 Å². The number of nitrogens with zero attached hydrogens (tertiary/aromatic N) is 1. The summed E-state index contributed by atoms with van der Waals surface area (Å²) >= 11 is 0. The topological polar surface area (TPSA) is 88.6 Å². The first-order valence-corrected chi connectivity index (χ1v) is 6.10. The molecule has 2 rings (SSSR count). The minimum Gasteiger partial charge on any atom is -0.483 e. The fraction of sp³-hybridized carbons (Fsp3) is 0.385. The number of carbonyl (C=O) groups excluding carboxylic acids is 1. The van der Waals surface area contributed by atoms with E-state index in [1.165, 1.54) is 0 Å². The molecule has 1 aromatic rings. The van der Waals surface area contributed by atoms with Gasteiger partial charge in [-0.3, -0.25) is 10.2 Å². The molecular formula is C13H17N3O3. The summed E-state index contributed by atoms with van der Waals surface area (Å²) in [5.74, 6) is 0.299. The fourth-order valence-electron chi connectivity index (χ4n) is 1.86. The smallest absolute Gasteiger partial charge is 0.260 e. The van der Waals surface area contributed by atoms with E-state index in [0.717, 1.165) is 0 Å². The average Bonchev–Trinajstić information content (AvgIpc) is 2.46. The van der Waals surface area contributed by atoms with Gasteiger partial charge < -0.3 is 20.1 Å². The molecular weight excluding hydrogens is 246 g/mol. The van der Waals surface area contributed by atoms with Crippen LogP contribution in [0.3, 0.4) is 0 Å². The second-order valence-electron chi connectivity index (χ2n) is 4.19. The van der Waals surface area contributed by atoms with Crippen molar-refractivity contribution in [3.05, 3.63) is 29.8 Å². The van der Waals surface area contributed by atoms with Crippen LogP contribution in [0.2, 0.25) is 0 Å². The lowest BCUT2D eigenvalue weighted by Gasteiger charge is -2.26. The number of nitrogen functional groups attached to an aromatic ring is 1. The third-order valence-electron chi connectivity index (χ3n) is 2.89. The van der Waals surface area contributed by atoms with Crippen LogP contribution in [0.25, 0.3) is 0 Å². The maximum absolute atomic E-state index is 11.9. The van der Waals surface area contributed by atoms with Crippen molar-refractivity contribution in [2.45, 2.75) is 0 Å². The molecule has 0 radical (unpaired) electrons. The van der Waals surface area contributed by atoms with Crippen LogP contribution in [-0.4, -0.2) is 49.6 Å². The lowest BCUT2D eigenvalue weighted by Crippen LogP contribution is -2.43. The standard InChI is InChI=1S/C13H17N3O3/c14-13(15)10-3-1-2-4-11(10)19-9-12(17)16-5-7-18-8-6-16/h1-4H,5-9H2,(H3,14,15). The van der Waals surface area contributed by atoms with Crippen molar-refractivity contribution in [3.8, 4) is 5.75 Å². The summed E-state index contributed by atoms with van der Waals surface area (Å²) in [5.41, 5.74) is 5.95. The van der Waals surface area contributed by atoms with Crippen molar-refractivity contribution in [1.29, 1.82) is 5.41 Å². The Bertz CT molecular complexity index is 470. The molecule has 1 fully saturated rings. The summed E-state index contributed by atoms with van der Waals surface area (Å²) in [6.45, 7) is 2.27. The Morgan fingerprint density at radius 1 is 1.37 bits per heavy atom. The van der Waals surface area contributed by atoms with Gasteiger partial charge in [-0.15, -0.1) is 0 Å². The maximum atomic E-state index is 11.9. The quantitative estimate of drug-likeness (QED) is 0.600. The van der Waals surface area contributed by atoms with Gasteiger partial charge in [0.2, 0.25) is 0 Å². The lowest BCUT2D eigenvalue weighted by atomic mass is 10.2. The van der Waals surface area contributed by atoms with Gasteiger partial charge >= 0.3 is 0 Å². The molecule has 1 aliphatic rings. The van der Waals surface area contributed by atoms with Crippen LogP contribution >= 0.6 is 0 Å². The van der Waals surface area contributed by atoms with Crippen molar-refractivity contribution in [3.63, 3.8) is 0 Å². The van der Waals surface area contributed by atoms with E-state index < -0.39 is 0 Å². The van der Waals surface area contributed by atoms with Gasteiger partial charge in [0.05, 0.1) is 18.8 Å². The molecule has 1 aliphatic heterocycles. The number of para-hydroxylation sites is 1. The van der Waals surface area contributed by atoms with Crippen molar-refractivity contribution < 1.29 is 14.3 Å². The second-order valence-corrected chi connectivity index (χ2v) is 4.19. The largest absolute Gasteiger partial charge is 0.483 e. The predicted molar refractivity (Wildman–Crippen MR) is 70.4 cm³/mol. The van der Waals surface area contributed by atoms with E-state index in [-0.39, 0.29) is 18.3 Å². The first kappa shape index (κ1) is 13.4. The lowest BCUT2D eigenvalue weighted by molar-refractivity contribution is -0.137. The van der Waals surface area contributed by atoms with E-state index in [1.54, 1.807) is 29.2 Å². The highest BCUT2D eigenvalue weighted by atomic mass is 16.5. The first-order chi connectivity index (χ1) is 9.18. The molecule has 0 unspecified atom stereocenters. The zero-order valence-corrected chi connectivity index (χ0v) is 10.6. The summed E-state index contributed by atoms with van der Waals surface area (Å²) in [6, 6.07) is 6.94. The normalized spacial score (nSPS) is 15.1. The van der Waals surface area contributed by atoms with Crippen LogP contribution in [-0.2, 0) is 9.53 Å². The molecule has 0 aliphatic carbocycles. The number of hydrogen-bond donors (Lipinski definition) is 2. The molecule has 6 heteroatoms. The fourth-order valence-corrected chi connectivity index (χ4v) is 1.86. The van der Waals surface area contributed by atoms with Gasteiger partial charge in [-0.2, -0.15) is 0 Å². The summed E-state index contributed by atoms with van der Waals surface area (Å²) in [6.07, 6.45) is 0. The van der Waals surface area contributed by atoms with E-state index in [9.17, 15) is 4.79 Å². The van der Waals surface area contributed by atoms with Crippen molar-refractivity contribution in [2.24, 2.45) is 5.73 Å². The molecule has 0 bridgehead atoms. The van der Waals surface area contributed by atoms with Gasteiger partial charge in [0.1, 0.15) is 11.6 Å². The SMILES string of the molecule is N=C(N)c1ccccc1OCC(=O)N1CCOCC1. The monoisotopic (exact) mass is 263 g/mol. The Morgan fingerprint density at radius 3 is 2.74 bits per heavy atom. The van der Waals surface area contributed by atoms with Crippen LogP contribution in [0, 0.1) is 5.41 Å². The van der Waals surface area contributed by atoms with Crippen LogP contribution in [0.4, 0.5) is 0 Å². The summed E-state index contributed by atoms with van der Waals surface area (Å²) in [4.78, 5) is 13.6. The number of ether oxygens (including phenoxy) is 2. The molecule has 1 aromatic carbocycles. The van der Waals surface area contributed by atoms with Gasteiger partial charge in [-0.1, -0.05) is 12.1 Å². The van der Waals surface area contributed by atoms with Gasteiger partial charge in [-0.25, -0.2) is 0 Å². The number of nitrogens with one attached hydrogen (secondary N) is 1. The Hall–Kier alpha value is -2.08. The predicted octanol–water partition coefficient (Wildman–Crippen LogP) is 0.208. The molecule has 0 spiro atoms. The van der Waals surface area contributed by atoms with Crippen LogP contribution in [0.15, 0.2) is 24.3 Å². The van der Waals surface area contributed by atoms with Gasteiger partial charge in [0.15, 0.2) is 6.61 Å². The molecule has 1 saturated heterocycles. The molecule has 102 valence electrons. The number of rotatable bonds is 4. The van der Waals surface area contributed by atoms with Crippen molar-refractivity contribution in [2.75, 3.05) is 32.9 Å². The Kier molecular flexibility index (Phi) is 4.35. The van der Waals surface area contributed by atoms with E-state index in [1.807, 2.05) is 0 Å².